The quantitative estimate of drug-likeness (QED) is 0.364. The molecule has 1 atom stereocenters. The molecule has 0 aromatic heterocycles. The maximum atomic E-state index is 14.5. The van der Waals surface area contributed by atoms with Crippen LogP contribution in [0.4, 0.5) is 37.7 Å². The fourth-order valence-electron chi connectivity index (χ4n) is 4.83. The van der Waals surface area contributed by atoms with Gasteiger partial charge in [0.25, 0.3) is 0 Å². The number of carboxylic acids is 1. The average Bonchev–Trinajstić information content (AvgIpc) is 2.99. The zero-order valence-electron chi connectivity index (χ0n) is 24.3. The van der Waals surface area contributed by atoms with E-state index in [1.807, 2.05) is 0 Å². The molecule has 9 nitrogen and oxygen atoms in total. The molecule has 2 aliphatic heterocycles. The van der Waals surface area contributed by atoms with Crippen LogP contribution in [0.5, 0.6) is 5.75 Å². The van der Waals surface area contributed by atoms with E-state index in [0.29, 0.717) is 19.1 Å². The number of rotatable bonds is 8. The monoisotopic (exact) mass is 654 g/mol. The van der Waals surface area contributed by atoms with Gasteiger partial charge in [-0.1, -0.05) is 0 Å². The Morgan fingerprint density at radius 2 is 1.68 bits per heavy atom. The highest BCUT2D eigenvalue weighted by molar-refractivity contribution is 7.89. The van der Waals surface area contributed by atoms with Crippen LogP contribution in [-0.4, -0.2) is 75.0 Å². The van der Waals surface area contributed by atoms with Crippen LogP contribution >= 0.6 is 0 Å². The molecule has 4 rings (SSSR count). The van der Waals surface area contributed by atoms with Gasteiger partial charge in [-0.2, -0.15) is 17.5 Å². The number of fused-ring (bicyclic) bond motifs is 1. The third kappa shape index (κ3) is 7.08. The highest BCUT2D eigenvalue weighted by Gasteiger charge is 2.48. The number of benzene rings is 2. The maximum Gasteiger partial charge on any atom is 0.420 e. The highest BCUT2D eigenvalue weighted by atomic mass is 32.2. The third-order valence-electron chi connectivity index (χ3n) is 7.63. The molecule has 44 heavy (non-hydrogen) atoms. The third-order valence-corrected chi connectivity index (χ3v) is 9.57. The number of sulfonamides is 1. The highest BCUT2D eigenvalue weighted by Crippen LogP contribution is 2.46. The van der Waals surface area contributed by atoms with Crippen molar-refractivity contribution < 1.29 is 58.9 Å². The first kappa shape index (κ1) is 33.8. The van der Waals surface area contributed by atoms with Crippen LogP contribution in [0.2, 0.25) is 0 Å². The predicted octanol–water partition coefficient (Wildman–Crippen LogP) is 5.65. The average molecular weight is 655 g/mol. The van der Waals surface area contributed by atoms with Gasteiger partial charge in [-0.3, -0.25) is 4.79 Å². The Morgan fingerprint density at radius 3 is 2.20 bits per heavy atom. The van der Waals surface area contributed by atoms with E-state index in [0.717, 1.165) is 23.5 Å². The second-order valence-electron chi connectivity index (χ2n) is 11.5. The zero-order chi connectivity index (χ0) is 32.9. The molecule has 244 valence electrons. The SMILES string of the molecule is CN1[C@H](CCC(C)(F)F)CN(c2ccc(F)cc2)c2cc(C(F)(F)F)c(OCC3(C(=O)O)COC(C)(C)OC3)cc2S1(=O)=O. The van der Waals surface area contributed by atoms with Gasteiger partial charge in [0.2, 0.25) is 15.9 Å². The minimum atomic E-state index is -5.11. The van der Waals surface area contributed by atoms with Gasteiger partial charge in [-0.05, 0) is 57.5 Å². The van der Waals surface area contributed by atoms with Gasteiger partial charge in [0.05, 0.1) is 24.5 Å². The molecule has 0 amide bonds. The number of carboxylic acid groups (broad SMARTS) is 1. The van der Waals surface area contributed by atoms with Crippen LogP contribution < -0.4 is 9.64 Å². The summed E-state index contributed by atoms with van der Waals surface area (Å²) in [7, 11) is -3.51. The lowest BCUT2D eigenvalue weighted by molar-refractivity contribution is -0.286. The van der Waals surface area contributed by atoms with E-state index >= 15 is 0 Å². The summed E-state index contributed by atoms with van der Waals surface area (Å²) < 4.78 is 130. The second-order valence-corrected chi connectivity index (χ2v) is 13.5. The molecule has 1 N–H and O–H groups in total. The Kier molecular flexibility index (Phi) is 8.98. The summed E-state index contributed by atoms with van der Waals surface area (Å²) in [5.74, 6) is -7.42. The van der Waals surface area contributed by atoms with Gasteiger partial charge in [0.1, 0.15) is 28.5 Å². The van der Waals surface area contributed by atoms with E-state index in [1.165, 1.54) is 30.9 Å². The molecule has 2 aromatic carbocycles. The predicted molar refractivity (Wildman–Crippen MR) is 145 cm³/mol. The van der Waals surface area contributed by atoms with Crippen molar-refractivity contribution >= 4 is 27.4 Å². The maximum absolute atomic E-state index is 14.5. The van der Waals surface area contributed by atoms with Gasteiger partial charge < -0.3 is 24.2 Å². The summed E-state index contributed by atoms with van der Waals surface area (Å²) in [5.41, 5.74) is -3.68. The summed E-state index contributed by atoms with van der Waals surface area (Å²) >= 11 is 0. The number of ether oxygens (including phenoxy) is 3. The van der Waals surface area contributed by atoms with E-state index in [-0.39, 0.29) is 18.7 Å². The Balaban J connectivity index is 1.86. The van der Waals surface area contributed by atoms with E-state index in [4.69, 9.17) is 14.2 Å². The summed E-state index contributed by atoms with van der Waals surface area (Å²) in [6.45, 7) is 1.57. The van der Waals surface area contributed by atoms with Crippen molar-refractivity contribution in [3.63, 3.8) is 0 Å². The number of carbonyl (C=O) groups is 1. The number of likely N-dealkylation sites (N-methyl/N-ethyl adjacent to an activating group) is 1. The molecule has 1 fully saturated rings. The van der Waals surface area contributed by atoms with Crippen molar-refractivity contribution in [1.29, 1.82) is 0 Å². The summed E-state index contributed by atoms with van der Waals surface area (Å²) in [4.78, 5) is 12.7. The van der Waals surface area contributed by atoms with Gasteiger partial charge >= 0.3 is 12.1 Å². The van der Waals surface area contributed by atoms with Gasteiger partial charge in [-0.25, -0.2) is 21.6 Å². The molecule has 16 heteroatoms. The van der Waals surface area contributed by atoms with Crippen molar-refractivity contribution in [2.24, 2.45) is 5.41 Å². The van der Waals surface area contributed by atoms with Gasteiger partial charge in [0, 0.05) is 37.8 Å². The molecule has 0 spiro atoms. The van der Waals surface area contributed by atoms with E-state index in [9.17, 15) is 44.7 Å². The Hall–Kier alpha value is -3.08. The first-order valence-corrected chi connectivity index (χ1v) is 14.9. The lowest BCUT2D eigenvalue weighted by atomic mass is 9.90. The number of nitrogens with zero attached hydrogens (tertiary/aromatic N) is 2. The van der Waals surface area contributed by atoms with E-state index < -0.39 is 99.3 Å². The van der Waals surface area contributed by atoms with E-state index in [2.05, 4.69) is 0 Å². The van der Waals surface area contributed by atoms with Crippen LogP contribution in [-0.2, 0) is 30.5 Å². The standard InChI is InChI=1S/C28H32F6N2O7S/c1-25(2)42-15-27(16-43-25,24(37)38)14-41-22-12-23-21(11-20(22)28(32,33)34)36(18-7-5-17(29)6-8-18)13-19(9-10-26(3,30)31)35(4)44(23,39)40/h5-8,11-12,19H,9-10,13-16H2,1-4H3,(H,37,38)/t19-/m1/s1. The smallest absolute Gasteiger partial charge is 0.420 e. The number of hydrogen-bond acceptors (Lipinski definition) is 7. The molecule has 0 radical (unpaired) electrons. The fourth-order valence-corrected chi connectivity index (χ4v) is 6.40. The molecule has 1 saturated heterocycles. The number of aliphatic carboxylic acids is 1. The summed E-state index contributed by atoms with van der Waals surface area (Å²) in [6.07, 6.45) is -6.17. The Morgan fingerprint density at radius 1 is 1.09 bits per heavy atom. The van der Waals surface area contributed by atoms with Gasteiger partial charge in [0.15, 0.2) is 5.79 Å². The molecule has 0 aliphatic carbocycles. The Labute approximate surface area is 250 Å². The van der Waals surface area contributed by atoms with Crippen LogP contribution in [0.3, 0.4) is 0 Å². The van der Waals surface area contributed by atoms with Crippen molar-refractivity contribution in [2.75, 3.05) is 38.3 Å². The molecular formula is C28H32F6N2O7S. The molecule has 0 bridgehead atoms. The molecule has 0 saturated carbocycles. The fraction of sp³-hybridized carbons (Fsp3) is 0.536. The van der Waals surface area contributed by atoms with Crippen LogP contribution in [0.15, 0.2) is 41.3 Å². The lowest BCUT2D eigenvalue weighted by Gasteiger charge is -2.40. The second kappa shape index (κ2) is 11.7. The normalized spacial score (nSPS) is 21.8. The molecular weight excluding hydrogens is 622 g/mol. The minimum absolute atomic E-state index is 0.108. The van der Waals surface area contributed by atoms with Gasteiger partial charge in [-0.15, -0.1) is 0 Å². The van der Waals surface area contributed by atoms with E-state index in [1.54, 1.807) is 0 Å². The van der Waals surface area contributed by atoms with Crippen LogP contribution in [0.1, 0.15) is 39.2 Å². The van der Waals surface area contributed by atoms with Crippen molar-refractivity contribution in [1.82, 2.24) is 4.31 Å². The van der Waals surface area contributed by atoms with Crippen molar-refractivity contribution in [3.8, 4) is 5.75 Å². The molecule has 2 heterocycles. The Bertz CT molecular complexity index is 1480. The topological polar surface area (TPSA) is 106 Å². The molecule has 2 aliphatic rings. The largest absolute Gasteiger partial charge is 0.492 e. The van der Waals surface area contributed by atoms with Crippen molar-refractivity contribution in [3.05, 3.63) is 47.8 Å². The summed E-state index contributed by atoms with van der Waals surface area (Å²) in [6, 6.07) is 4.55. The zero-order valence-corrected chi connectivity index (χ0v) is 25.1. The molecule has 2 aromatic rings. The molecule has 0 unspecified atom stereocenters. The number of anilines is 2. The summed E-state index contributed by atoms with van der Waals surface area (Å²) in [5, 5.41) is 9.88. The van der Waals surface area contributed by atoms with Crippen LogP contribution in [0.25, 0.3) is 0 Å². The first-order chi connectivity index (χ1) is 20.2. The lowest BCUT2D eigenvalue weighted by Crippen LogP contribution is -2.53. The minimum Gasteiger partial charge on any atom is -0.492 e. The number of halogens is 6. The van der Waals surface area contributed by atoms with Crippen LogP contribution in [0, 0.1) is 11.2 Å². The number of alkyl halides is 5. The number of hydrogen-bond donors (Lipinski definition) is 1. The van der Waals surface area contributed by atoms with Crippen molar-refractivity contribution in [2.45, 2.75) is 62.4 Å². The first-order valence-electron chi connectivity index (χ1n) is 13.4.